The van der Waals surface area contributed by atoms with Crippen LogP contribution in [-0.2, 0) is 5.75 Å². The lowest BCUT2D eigenvalue weighted by Gasteiger charge is -2.07. The second-order valence-electron chi connectivity index (χ2n) is 3.84. The zero-order chi connectivity index (χ0) is 13.8. The molecule has 0 spiro atoms. The monoisotopic (exact) mass is 294 g/mol. The molecule has 0 atom stereocenters. The number of rotatable bonds is 4. The van der Waals surface area contributed by atoms with Gasteiger partial charge in [-0.1, -0.05) is 29.5 Å². The molecule has 1 heterocycles. The Hall–Kier alpha value is -1.57. The van der Waals surface area contributed by atoms with Gasteiger partial charge >= 0.3 is 0 Å². The highest BCUT2D eigenvalue weighted by molar-refractivity contribution is 8.00. The number of thiazole rings is 1. The van der Waals surface area contributed by atoms with Gasteiger partial charge in [0.25, 0.3) is 5.91 Å². The number of hydrazine groups is 1. The second-order valence-corrected chi connectivity index (χ2v) is 6.12. The van der Waals surface area contributed by atoms with E-state index >= 15 is 0 Å². The van der Waals surface area contributed by atoms with E-state index in [-0.39, 0.29) is 5.91 Å². The van der Waals surface area contributed by atoms with Gasteiger partial charge in [0.05, 0.1) is 9.90 Å². The average molecular weight is 294 g/mol. The molecule has 0 aliphatic carbocycles. The van der Waals surface area contributed by atoms with Crippen molar-refractivity contribution in [1.29, 1.82) is 0 Å². The summed E-state index contributed by atoms with van der Waals surface area (Å²) in [5, 5.41) is 0.563. The molecular formula is C12H14N4OS2. The number of nitrogens with two attached hydrogens (primary N) is 2. The zero-order valence-corrected chi connectivity index (χ0v) is 12.0. The topological polar surface area (TPSA) is 94.0 Å². The van der Waals surface area contributed by atoms with Gasteiger partial charge in [-0.2, -0.15) is 0 Å². The van der Waals surface area contributed by atoms with Gasteiger partial charge in [-0.05, 0) is 18.6 Å². The number of hydrogen-bond donors (Lipinski definition) is 3. The number of hydrogen-bond acceptors (Lipinski definition) is 6. The van der Waals surface area contributed by atoms with E-state index in [4.69, 9.17) is 11.6 Å². The summed E-state index contributed by atoms with van der Waals surface area (Å²) in [6, 6.07) is 7.38. The third-order valence-electron chi connectivity index (χ3n) is 2.52. The van der Waals surface area contributed by atoms with Crippen LogP contribution < -0.4 is 17.0 Å². The molecule has 5 N–H and O–H groups in total. The van der Waals surface area contributed by atoms with Crippen LogP contribution in [0.4, 0.5) is 5.13 Å². The van der Waals surface area contributed by atoms with Crippen LogP contribution in [0.25, 0.3) is 0 Å². The van der Waals surface area contributed by atoms with Crippen molar-refractivity contribution < 1.29 is 4.79 Å². The largest absolute Gasteiger partial charge is 0.375 e. The molecule has 1 aromatic heterocycles. The molecule has 0 saturated carbocycles. The van der Waals surface area contributed by atoms with Crippen molar-refractivity contribution in [3.63, 3.8) is 0 Å². The lowest BCUT2D eigenvalue weighted by molar-refractivity contribution is 0.0953. The van der Waals surface area contributed by atoms with E-state index < -0.39 is 0 Å². The number of nitrogens with one attached hydrogen (secondary N) is 1. The molecule has 1 aromatic carbocycles. The maximum absolute atomic E-state index is 11.6. The normalized spacial score (nSPS) is 10.4. The lowest BCUT2D eigenvalue weighted by Crippen LogP contribution is -2.30. The van der Waals surface area contributed by atoms with Crippen molar-refractivity contribution in [2.75, 3.05) is 5.73 Å². The van der Waals surface area contributed by atoms with Gasteiger partial charge in [0.15, 0.2) is 5.13 Å². The Kier molecular flexibility index (Phi) is 4.41. The third kappa shape index (κ3) is 3.25. The first-order valence-corrected chi connectivity index (χ1v) is 7.36. The first kappa shape index (κ1) is 13.9. The summed E-state index contributed by atoms with van der Waals surface area (Å²) in [5.41, 5.74) is 10.3. The van der Waals surface area contributed by atoms with E-state index in [1.54, 1.807) is 17.8 Å². The van der Waals surface area contributed by atoms with Crippen molar-refractivity contribution in [3.8, 4) is 0 Å². The molecule has 0 fully saturated rings. The second kappa shape index (κ2) is 6.05. The molecule has 0 aliphatic rings. The van der Waals surface area contributed by atoms with Crippen molar-refractivity contribution >= 4 is 34.1 Å². The van der Waals surface area contributed by atoms with Gasteiger partial charge in [0, 0.05) is 11.3 Å². The van der Waals surface area contributed by atoms with Gasteiger partial charge in [0.1, 0.15) is 0 Å². The van der Waals surface area contributed by atoms with Crippen molar-refractivity contribution in [2.45, 2.75) is 16.9 Å². The average Bonchev–Trinajstić information content (AvgIpc) is 2.74. The van der Waals surface area contributed by atoms with Gasteiger partial charge in [-0.3, -0.25) is 10.2 Å². The third-order valence-corrected chi connectivity index (χ3v) is 4.92. The molecule has 0 unspecified atom stereocenters. The number of thioether (sulfide) groups is 1. The van der Waals surface area contributed by atoms with Gasteiger partial charge in [0.2, 0.25) is 0 Å². The van der Waals surface area contributed by atoms with Crippen molar-refractivity contribution in [1.82, 2.24) is 10.4 Å². The number of benzene rings is 1. The summed E-state index contributed by atoms with van der Waals surface area (Å²) < 4.78 is 1.07. The molecule has 2 rings (SSSR count). The van der Waals surface area contributed by atoms with Crippen LogP contribution in [0.3, 0.4) is 0 Å². The van der Waals surface area contributed by atoms with Crippen molar-refractivity contribution in [3.05, 3.63) is 41.1 Å². The van der Waals surface area contributed by atoms with Crippen LogP contribution >= 0.6 is 23.1 Å². The standard InChI is InChI=1S/C12H14N4OS2/c1-7-11(19-12(13)15-7)18-6-8-4-2-3-5-9(8)10(17)16-14/h2-5H,6,14H2,1H3,(H2,13,15)(H,16,17). The Labute approximate surface area is 119 Å². The molecule has 0 aliphatic heterocycles. The molecule has 100 valence electrons. The fourth-order valence-electron chi connectivity index (χ4n) is 1.63. The van der Waals surface area contributed by atoms with E-state index in [1.807, 2.05) is 25.1 Å². The van der Waals surface area contributed by atoms with Crippen molar-refractivity contribution in [2.24, 2.45) is 5.84 Å². The van der Waals surface area contributed by atoms with Gasteiger partial charge in [-0.15, -0.1) is 11.8 Å². The molecule has 5 nitrogen and oxygen atoms in total. The van der Waals surface area contributed by atoms with Crippen LogP contribution in [0.2, 0.25) is 0 Å². The first-order valence-electron chi connectivity index (χ1n) is 5.56. The minimum Gasteiger partial charge on any atom is -0.375 e. The highest BCUT2D eigenvalue weighted by atomic mass is 32.2. The SMILES string of the molecule is Cc1nc(N)sc1SCc1ccccc1C(=O)NN. The van der Waals surface area contributed by atoms with Gasteiger partial charge < -0.3 is 5.73 Å². The smallest absolute Gasteiger partial charge is 0.265 e. The highest BCUT2D eigenvalue weighted by Gasteiger charge is 2.11. The van der Waals surface area contributed by atoms with E-state index in [0.29, 0.717) is 16.4 Å². The highest BCUT2D eigenvalue weighted by Crippen LogP contribution is 2.33. The van der Waals surface area contributed by atoms with E-state index in [0.717, 1.165) is 15.5 Å². The van der Waals surface area contributed by atoms with Crippen LogP contribution in [0.1, 0.15) is 21.6 Å². The van der Waals surface area contributed by atoms with Crippen LogP contribution in [-0.4, -0.2) is 10.9 Å². The zero-order valence-electron chi connectivity index (χ0n) is 10.3. The summed E-state index contributed by atoms with van der Waals surface area (Å²) >= 11 is 3.08. The number of nitrogens with zero attached hydrogens (tertiary/aromatic N) is 1. The summed E-state index contributed by atoms with van der Waals surface area (Å²) in [7, 11) is 0. The Morgan fingerprint density at radius 1 is 1.47 bits per heavy atom. The Balaban J connectivity index is 2.16. The van der Waals surface area contributed by atoms with Crippen LogP contribution in [0.15, 0.2) is 28.5 Å². The number of carbonyl (C=O) groups is 1. The van der Waals surface area contributed by atoms with E-state index in [1.165, 1.54) is 11.3 Å². The molecule has 19 heavy (non-hydrogen) atoms. The summed E-state index contributed by atoms with van der Waals surface area (Å²) in [4.78, 5) is 15.8. The number of nitrogen functional groups attached to an aromatic ring is 2. The van der Waals surface area contributed by atoms with E-state index in [2.05, 4.69) is 10.4 Å². The molecule has 0 saturated heterocycles. The molecule has 0 bridgehead atoms. The Bertz CT molecular complexity index is 597. The quantitative estimate of drug-likeness (QED) is 0.347. The molecule has 1 amide bonds. The summed E-state index contributed by atoms with van der Waals surface area (Å²) in [5.74, 6) is 5.57. The first-order chi connectivity index (χ1) is 9.11. The minimum absolute atomic E-state index is 0.281. The Morgan fingerprint density at radius 2 is 2.21 bits per heavy atom. The summed E-state index contributed by atoms with van der Waals surface area (Å²) in [6.45, 7) is 1.92. The predicted octanol–water partition coefficient (Wildman–Crippen LogP) is 1.93. The molecular weight excluding hydrogens is 280 g/mol. The van der Waals surface area contributed by atoms with Gasteiger partial charge in [-0.25, -0.2) is 10.8 Å². The number of carbonyl (C=O) groups excluding carboxylic acids is 1. The maximum Gasteiger partial charge on any atom is 0.265 e. The fourth-order valence-corrected chi connectivity index (χ4v) is 3.65. The number of anilines is 1. The molecule has 0 radical (unpaired) electrons. The Morgan fingerprint density at radius 3 is 2.84 bits per heavy atom. The maximum atomic E-state index is 11.6. The van der Waals surface area contributed by atoms with Crippen LogP contribution in [0, 0.1) is 6.92 Å². The summed E-state index contributed by atoms with van der Waals surface area (Å²) in [6.07, 6.45) is 0. The fraction of sp³-hybridized carbons (Fsp3) is 0.167. The predicted molar refractivity (Wildman–Crippen MR) is 78.9 cm³/mol. The minimum atomic E-state index is -0.281. The number of aryl methyl sites for hydroxylation is 1. The lowest BCUT2D eigenvalue weighted by atomic mass is 10.1. The molecule has 2 aromatic rings. The molecule has 7 heteroatoms. The van der Waals surface area contributed by atoms with E-state index in [9.17, 15) is 4.79 Å². The number of aromatic nitrogens is 1. The van der Waals surface area contributed by atoms with Crippen LogP contribution in [0.5, 0.6) is 0 Å². The number of amides is 1.